The van der Waals surface area contributed by atoms with Gasteiger partial charge in [0.25, 0.3) is 5.91 Å². The van der Waals surface area contributed by atoms with Gasteiger partial charge in [-0.1, -0.05) is 67.0 Å². The first-order valence-electron chi connectivity index (χ1n) is 10.3. The number of ether oxygens (including phenoxy) is 1. The molecule has 0 fully saturated rings. The Labute approximate surface area is 207 Å². The highest BCUT2D eigenvalue weighted by atomic mass is 35.5. The number of hydrogen-bond acceptors (Lipinski definition) is 4. The topological polar surface area (TPSA) is 50.4 Å². The van der Waals surface area contributed by atoms with Gasteiger partial charge < -0.3 is 15.4 Å². The Balaban J connectivity index is 0.00000259. The third-order valence-corrected chi connectivity index (χ3v) is 7.28. The van der Waals surface area contributed by atoms with Gasteiger partial charge in [-0.2, -0.15) is 0 Å². The lowest BCUT2D eigenvalue weighted by Gasteiger charge is -2.26. The largest absolute Gasteiger partial charge is 0.493 e. The van der Waals surface area contributed by atoms with Crippen molar-refractivity contribution >= 4 is 56.2 Å². The molecule has 4 nitrogen and oxygen atoms in total. The van der Waals surface area contributed by atoms with Crippen LogP contribution in [0.5, 0.6) is 5.75 Å². The summed E-state index contributed by atoms with van der Waals surface area (Å²) in [4.78, 5) is 14.0. The van der Waals surface area contributed by atoms with Crippen LogP contribution in [0.4, 0.5) is 5.69 Å². The monoisotopic (exact) mass is 498 g/mol. The summed E-state index contributed by atoms with van der Waals surface area (Å²) in [7, 11) is 1.84. The van der Waals surface area contributed by atoms with Crippen LogP contribution in [0.15, 0.2) is 60.7 Å². The number of nitrogens with one attached hydrogen (secondary N) is 2. The molecule has 0 unspecified atom stereocenters. The first kappa shape index (κ1) is 23.4. The number of halogens is 2. The van der Waals surface area contributed by atoms with Crippen LogP contribution in [0.25, 0.3) is 21.2 Å². The van der Waals surface area contributed by atoms with Crippen LogP contribution in [0.2, 0.25) is 10.0 Å². The van der Waals surface area contributed by atoms with E-state index in [1.165, 1.54) is 11.3 Å². The molecule has 0 radical (unpaired) electrons. The van der Waals surface area contributed by atoms with E-state index in [1.807, 2.05) is 61.6 Å². The fraction of sp³-hybridized carbons (Fsp3) is 0.192. The summed E-state index contributed by atoms with van der Waals surface area (Å²) in [6.45, 7) is 0.576. The molecule has 0 saturated heterocycles. The molecule has 170 valence electrons. The van der Waals surface area contributed by atoms with Crippen LogP contribution < -0.4 is 15.4 Å². The van der Waals surface area contributed by atoms with Crippen molar-refractivity contribution in [2.45, 2.75) is 19.9 Å². The van der Waals surface area contributed by atoms with Crippen LogP contribution in [-0.2, 0) is 0 Å². The molecule has 5 rings (SSSR count). The maximum absolute atomic E-state index is 13.4. The van der Waals surface area contributed by atoms with Gasteiger partial charge in [-0.25, -0.2) is 0 Å². The number of amides is 1. The molecule has 2 N–H and O–H groups in total. The highest BCUT2D eigenvalue weighted by Gasteiger charge is 2.26. The molecular formula is C26H24Cl2N2O2S. The summed E-state index contributed by atoms with van der Waals surface area (Å²) in [5, 5.41) is 8.58. The maximum Gasteiger partial charge on any atom is 0.264 e. The number of anilines is 1. The van der Waals surface area contributed by atoms with Gasteiger partial charge in [-0.05, 0) is 35.4 Å². The second kappa shape index (κ2) is 9.64. The summed E-state index contributed by atoms with van der Waals surface area (Å²) in [6.07, 6.45) is 0.731. The van der Waals surface area contributed by atoms with E-state index < -0.39 is 0 Å². The van der Waals surface area contributed by atoms with Crippen molar-refractivity contribution in [3.63, 3.8) is 0 Å². The van der Waals surface area contributed by atoms with E-state index in [-0.39, 0.29) is 19.4 Å². The highest BCUT2D eigenvalue weighted by molar-refractivity contribution is 7.22. The zero-order valence-electron chi connectivity index (χ0n) is 17.2. The molecule has 1 aliphatic rings. The molecule has 0 saturated carbocycles. The molecule has 2 heterocycles. The van der Waals surface area contributed by atoms with Crippen molar-refractivity contribution in [1.29, 1.82) is 0 Å². The molecule has 1 amide bonds. The fourth-order valence-electron chi connectivity index (χ4n) is 4.18. The van der Waals surface area contributed by atoms with E-state index in [4.69, 9.17) is 27.9 Å². The highest BCUT2D eigenvalue weighted by Crippen LogP contribution is 2.42. The third-order valence-electron chi connectivity index (χ3n) is 5.61. The van der Waals surface area contributed by atoms with Gasteiger partial charge in [0.15, 0.2) is 0 Å². The van der Waals surface area contributed by atoms with E-state index in [2.05, 4.69) is 10.6 Å². The minimum atomic E-state index is -0.104. The molecule has 1 aromatic heterocycles. The minimum absolute atomic E-state index is 0. The molecule has 7 heteroatoms. The molecule has 0 aliphatic carbocycles. The van der Waals surface area contributed by atoms with Crippen molar-refractivity contribution in [1.82, 2.24) is 5.32 Å². The third kappa shape index (κ3) is 4.41. The standard InChI is InChI=1S/C25H20Cl2N2O2S.CH4/c1-28-22-19-7-4-6-17(14-11-15(26)13-16(27)12-14)23(19)32-24(22)25(30)29-20-9-10-31-21-8-3-2-5-18(20)21;/h2-8,11-13,20,28H,9-10H2,1H3,(H,29,30);1H4/t20-;/m0./s1. The summed E-state index contributed by atoms with van der Waals surface area (Å²) in [6, 6.07) is 19.3. The number of thiophene rings is 1. The molecule has 0 bridgehead atoms. The van der Waals surface area contributed by atoms with Crippen LogP contribution in [0, 0.1) is 0 Å². The van der Waals surface area contributed by atoms with Gasteiger partial charge in [-0.3, -0.25) is 4.79 Å². The van der Waals surface area contributed by atoms with E-state index in [1.54, 1.807) is 6.07 Å². The first-order valence-corrected chi connectivity index (χ1v) is 11.8. The van der Waals surface area contributed by atoms with Crippen LogP contribution >= 0.6 is 34.5 Å². The predicted octanol–water partition coefficient (Wildman–Crippen LogP) is 7.81. The molecule has 33 heavy (non-hydrogen) atoms. The average molecular weight is 499 g/mol. The summed E-state index contributed by atoms with van der Waals surface area (Å²) in [5.74, 6) is 0.724. The van der Waals surface area contributed by atoms with Gasteiger partial charge in [0, 0.05) is 39.2 Å². The summed E-state index contributed by atoms with van der Waals surface area (Å²) < 4.78 is 6.74. The molecule has 3 aromatic carbocycles. The lowest BCUT2D eigenvalue weighted by atomic mass is 10.0. The van der Waals surface area contributed by atoms with Gasteiger partial charge >= 0.3 is 0 Å². The lowest BCUT2D eigenvalue weighted by molar-refractivity contribution is 0.0929. The van der Waals surface area contributed by atoms with Crippen LogP contribution in [0.1, 0.15) is 35.1 Å². The van der Waals surface area contributed by atoms with Gasteiger partial charge in [-0.15, -0.1) is 11.3 Å². The SMILES string of the molecule is C.CNc1c(C(=O)N[C@H]2CCOc3ccccc32)sc2c(-c3cc(Cl)cc(Cl)c3)cccc12. The second-order valence-corrected chi connectivity index (χ2v) is 9.49. The quantitative estimate of drug-likeness (QED) is 0.301. The Hall–Kier alpha value is -2.73. The van der Waals surface area contributed by atoms with Crippen molar-refractivity contribution in [3.05, 3.63) is 81.1 Å². The number of carbonyl (C=O) groups excluding carboxylic acids is 1. The van der Waals surface area contributed by atoms with Crippen molar-refractivity contribution < 1.29 is 9.53 Å². The smallest absolute Gasteiger partial charge is 0.264 e. The molecule has 1 atom stereocenters. The molecular weight excluding hydrogens is 475 g/mol. The van der Waals surface area contributed by atoms with Crippen molar-refractivity contribution in [2.24, 2.45) is 0 Å². The Morgan fingerprint density at radius 2 is 1.82 bits per heavy atom. The van der Waals surface area contributed by atoms with Crippen molar-refractivity contribution in [2.75, 3.05) is 19.0 Å². The van der Waals surface area contributed by atoms with E-state index in [0.29, 0.717) is 21.5 Å². The van der Waals surface area contributed by atoms with E-state index >= 15 is 0 Å². The number of carbonyl (C=O) groups is 1. The number of hydrogen-bond donors (Lipinski definition) is 2. The summed E-state index contributed by atoms with van der Waals surface area (Å²) >= 11 is 14.0. The average Bonchev–Trinajstić information content (AvgIpc) is 3.17. The number of fused-ring (bicyclic) bond motifs is 2. The van der Waals surface area contributed by atoms with E-state index in [0.717, 1.165) is 44.6 Å². The zero-order chi connectivity index (χ0) is 22.2. The number of para-hydroxylation sites is 1. The normalized spacial score (nSPS) is 14.7. The summed E-state index contributed by atoms with van der Waals surface area (Å²) in [5.41, 5.74) is 3.73. The fourth-order valence-corrected chi connectivity index (χ4v) is 5.95. The minimum Gasteiger partial charge on any atom is -0.493 e. The zero-order valence-corrected chi connectivity index (χ0v) is 19.6. The maximum atomic E-state index is 13.4. The Kier molecular flexibility index (Phi) is 6.84. The Morgan fingerprint density at radius 1 is 1.06 bits per heavy atom. The van der Waals surface area contributed by atoms with Crippen LogP contribution in [-0.4, -0.2) is 19.6 Å². The van der Waals surface area contributed by atoms with Gasteiger partial charge in [0.05, 0.1) is 18.3 Å². The Bertz CT molecular complexity index is 1320. The molecule has 0 spiro atoms. The Morgan fingerprint density at radius 3 is 2.58 bits per heavy atom. The molecule has 4 aromatic rings. The van der Waals surface area contributed by atoms with Crippen LogP contribution in [0.3, 0.4) is 0 Å². The predicted molar refractivity (Wildman–Crippen MR) is 140 cm³/mol. The van der Waals surface area contributed by atoms with Gasteiger partial charge in [0.2, 0.25) is 0 Å². The number of rotatable bonds is 4. The van der Waals surface area contributed by atoms with Crippen molar-refractivity contribution in [3.8, 4) is 16.9 Å². The second-order valence-electron chi connectivity index (χ2n) is 7.60. The van der Waals surface area contributed by atoms with Gasteiger partial charge in [0.1, 0.15) is 10.6 Å². The van der Waals surface area contributed by atoms with E-state index in [9.17, 15) is 4.79 Å². The molecule has 1 aliphatic heterocycles. The lowest BCUT2D eigenvalue weighted by Crippen LogP contribution is -2.32. The number of benzene rings is 3. The first-order chi connectivity index (χ1) is 15.5.